The summed E-state index contributed by atoms with van der Waals surface area (Å²) in [7, 11) is 0. The van der Waals surface area contributed by atoms with E-state index in [1.165, 1.54) is 12.1 Å². The molecular weight excluding hydrogens is 337 g/mol. The number of benzene rings is 2. The lowest BCUT2D eigenvalue weighted by Gasteiger charge is -2.26. The number of nitrogens with zero attached hydrogens (tertiary/aromatic N) is 2. The number of anilines is 2. The fraction of sp³-hybridized carbons (Fsp3) is 0.133. The first kappa shape index (κ1) is 15.3. The number of hydrogen-bond donors (Lipinski definition) is 2. The third-order valence-electron chi connectivity index (χ3n) is 3.10. The van der Waals surface area contributed by atoms with Crippen molar-refractivity contribution in [3.8, 4) is 0 Å². The minimum atomic E-state index is -0.291. The Morgan fingerprint density at radius 3 is 2.52 bits per heavy atom. The van der Waals surface area contributed by atoms with Crippen molar-refractivity contribution < 1.29 is 9.60 Å². The van der Waals surface area contributed by atoms with Gasteiger partial charge in [-0.1, -0.05) is 11.2 Å². The second-order valence-electron chi connectivity index (χ2n) is 4.34. The van der Waals surface area contributed by atoms with Crippen molar-refractivity contribution in [3.05, 3.63) is 58.3 Å². The van der Waals surface area contributed by atoms with Crippen molar-refractivity contribution in [2.45, 2.75) is 6.92 Å². The highest BCUT2D eigenvalue weighted by Crippen LogP contribution is 2.32. The molecule has 4 nitrogen and oxygen atoms in total. The average molecular weight is 352 g/mol. The molecule has 21 heavy (non-hydrogen) atoms. The summed E-state index contributed by atoms with van der Waals surface area (Å²) in [6.07, 6.45) is 0. The van der Waals surface area contributed by atoms with Crippen LogP contribution in [-0.2, 0) is 0 Å². The minimum absolute atomic E-state index is 0.0121. The van der Waals surface area contributed by atoms with Gasteiger partial charge in [-0.05, 0) is 59.3 Å². The molecule has 0 aliphatic rings. The summed E-state index contributed by atoms with van der Waals surface area (Å²) in [5.74, 6) is -0.279. The van der Waals surface area contributed by atoms with Crippen LogP contribution in [-0.4, -0.2) is 17.6 Å². The van der Waals surface area contributed by atoms with E-state index >= 15 is 0 Å². The number of hydrogen-bond acceptors (Lipinski definition) is 3. The molecule has 0 aliphatic carbocycles. The molecule has 0 aromatic heterocycles. The lowest BCUT2D eigenvalue weighted by Crippen LogP contribution is -2.23. The Morgan fingerprint density at radius 2 is 1.95 bits per heavy atom. The van der Waals surface area contributed by atoms with Gasteiger partial charge in [-0.2, -0.15) is 0 Å². The first-order valence-corrected chi connectivity index (χ1v) is 7.17. The van der Waals surface area contributed by atoms with Gasteiger partial charge in [-0.15, -0.1) is 0 Å². The molecule has 0 spiro atoms. The summed E-state index contributed by atoms with van der Waals surface area (Å²) in [6.45, 7) is 2.62. The summed E-state index contributed by atoms with van der Waals surface area (Å²) in [5.41, 5.74) is 7.96. The predicted molar refractivity (Wildman–Crippen MR) is 85.7 cm³/mol. The van der Waals surface area contributed by atoms with Crippen LogP contribution in [0.5, 0.6) is 0 Å². The molecule has 0 atom stereocenters. The van der Waals surface area contributed by atoms with E-state index < -0.39 is 0 Å². The van der Waals surface area contributed by atoms with E-state index in [1.807, 2.05) is 30.0 Å². The fourth-order valence-corrected chi connectivity index (χ4v) is 2.71. The molecule has 2 aromatic rings. The minimum Gasteiger partial charge on any atom is -0.409 e. The van der Waals surface area contributed by atoms with Crippen molar-refractivity contribution in [2.75, 3.05) is 11.4 Å². The lowest BCUT2D eigenvalue weighted by molar-refractivity contribution is 0.318. The Kier molecular flexibility index (Phi) is 4.80. The molecule has 0 heterocycles. The van der Waals surface area contributed by atoms with Gasteiger partial charge in [0.1, 0.15) is 5.82 Å². The molecule has 0 aliphatic heterocycles. The number of oxime groups is 1. The standard InChI is InChI=1S/C15H15BrFN3O/c1-2-20(11-8-6-10(17)7-9-11)13-5-3-4-12(16)14(13)15(18)19-21/h3-9,21H,2H2,1H3,(H2,18,19). The molecule has 0 bridgehead atoms. The maximum Gasteiger partial charge on any atom is 0.173 e. The van der Waals surface area contributed by atoms with Gasteiger partial charge in [0.25, 0.3) is 0 Å². The average Bonchev–Trinajstić information content (AvgIpc) is 2.49. The van der Waals surface area contributed by atoms with Crippen LogP contribution in [0.4, 0.5) is 15.8 Å². The normalized spacial score (nSPS) is 11.5. The summed E-state index contributed by atoms with van der Waals surface area (Å²) < 4.78 is 13.8. The number of halogens is 2. The van der Waals surface area contributed by atoms with E-state index in [-0.39, 0.29) is 11.7 Å². The Labute approximate surface area is 130 Å². The number of rotatable bonds is 4. The van der Waals surface area contributed by atoms with Crippen LogP contribution in [0, 0.1) is 5.82 Å². The molecule has 0 saturated carbocycles. The zero-order valence-corrected chi connectivity index (χ0v) is 13.0. The van der Waals surface area contributed by atoms with Crippen molar-refractivity contribution in [1.82, 2.24) is 0 Å². The van der Waals surface area contributed by atoms with Crippen LogP contribution in [0.1, 0.15) is 12.5 Å². The fourth-order valence-electron chi connectivity index (χ4n) is 2.15. The van der Waals surface area contributed by atoms with Gasteiger partial charge in [0.05, 0.1) is 11.3 Å². The second kappa shape index (κ2) is 6.58. The van der Waals surface area contributed by atoms with E-state index in [4.69, 9.17) is 10.9 Å². The molecule has 0 unspecified atom stereocenters. The van der Waals surface area contributed by atoms with E-state index in [0.717, 1.165) is 15.8 Å². The summed E-state index contributed by atoms with van der Waals surface area (Å²) >= 11 is 3.41. The molecule has 110 valence electrons. The summed E-state index contributed by atoms with van der Waals surface area (Å²) in [5, 5.41) is 12.1. The summed E-state index contributed by atoms with van der Waals surface area (Å²) in [6, 6.07) is 11.7. The highest BCUT2D eigenvalue weighted by molar-refractivity contribution is 9.10. The highest BCUT2D eigenvalue weighted by atomic mass is 79.9. The smallest absolute Gasteiger partial charge is 0.173 e. The quantitative estimate of drug-likeness (QED) is 0.380. The van der Waals surface area contributed by atoms with Gasteiger partial charge < -0.3 is 15.8 Å². The zero-order valence-electron chi connectivity index (χ0n) is 11.4. The molecule has 0 fully saturated rings. The molecular formula is C15H15BrFN3O. The molecule has 0 amide bonds. The number of amidine groups is 1. The Bertz CT molecular complexity index is 658. The predicted octanol–water partition coefficient (Wildman–Crippen LogP) is 3.84. The van der Waals surface area contributed by atoms with E-state index in [0.29, 0.717) is 12.1 Å². The van der Waals surface area contributed by atoms with Gasteiger partial charge in [0.15, 0.2) is 5.84 Å². The van der Waals surface area contributed by atoms with Gasteiger partial charge in [-0.25, -0.2) is 4.39 Å². The molecule has 0 radical (unpaired) electrons. The molecule has 3 N–H and O–H groups in total. The highest BCUT2D eigenvalue weighted by Gasteiger charge is 2.17. The number of nitrogens with two attached hydrogens (primary N) is 1. The SMILES string of the molecule is CCN(c1ccc(F)cc1)c1cccc(Br)c1/C(N)=N/O. The lowest BCUT2D eigenvalue weighted by atomic mass is 10.1. The van der Waals surface area contributed by atoms with Crippen molar-refractivity contribution in [1.29, 1.82) is 0 Å². The van der Waals surface area contributed by atoms with Gasteiger partial charge in [0, 0.05) is 16.7 Å². The van der Waals surface area contributed by atoms with Gasteiger partial charge in [-0.3, -0.25) is 0 Å². The van der Waals surface area contributed by atoms with Crippen LogP contribution >= 0.6 is 15.9 Å². The molecule has 6 heteroatoms. The van der Waals surface area contributed by atoms with E-state index in [2.05, 4.69) is 21.1 Å². The van der Waals surface area contributed by atoms with Gasteiger partial charge in [0.2, 0.25) is 0 Å². The van der Waals surface area contributed by atoms with E-state index in [1.54, 1.807) is 12.1 Å². The second-order valence-corrected chi connectivity index (χ2v) is 5.19. The van der Waals surface area contributed by atoms with Crippen LogP contribution < -0.4 is 10.6 Å². The third-order valence-corrected chi connectivity index (χ3v) is 3.76. The Hall–Kier alpha value is -2.08. The largest absolute Gasteiger partial charge is 0.409 e. The zero-order chi connectivity index (χ0) is 15.4. The molecule has 2 aromatic carbocycles. The maximum absolute atomic E-state index is 13.1. The van der Waals surface area contributed by atoms with Crippen LogP contribution in [0.25, 0.3) is 0 Å². The summed E-state index contributed by atoms with van der Waals surface area (Å²) in [4.78, 5) is 1.96. The Morgan fingerprint density at radius 1 is 1.29 bits per heavy atom. The van der Waals surface area contributed by atoms with Gasteiger partial charge >= 0.3 is 0 Å². The first-order chi connectivity index (χ1) is 10.1. The van der Waals surface area contributed by atoms with Crippen LogP contribution in [0.3, 0.4) is 0 Å². The van der Waals surface area contributed by atoms with Crippen molar-refractivity contribution in [2.24, 2.45) is 10.9 Å². The monoisotopic (exact) mass is 351 g/mol. The third kappa shape index (κ3) is 3.16. The van der Waals surface area contributed by atoms with Crippen molar-refractivity contribution >= 4 is 33.1 Å². The Balaban J connectivity index is 2.57. The van der Waals surface area contributed by atoms with Crippen LogP contribution in [0.15, 0.2) is 52.1 Å². The van der Waals surface area contributed by atoms with Crippen molar-refractivity contribution in [3.63, 3.8) is 0 Å². The van der Waals surface area contributed by atoms with E-state index in [9.17, 15) is 4.39 Å². The molecule has 0 saturated heterocycles. The topological polar surface area (TPSA) is 61.8 Å². The first-order valence-electron chi connectivity index (χ1n) is 6.38. The molecule has 2 rings (SSSR count). The maximum atomic E-state index is 13.1. The van der Waals surface area contributed by atoms with Crippen LogP contribution in [0.2, 0.25) is 0 Å².